The van der Waals surface area contributed by atoms with Gasteiger partial charge in [-0.2, -0.15) is 0 Å². The topological polar surface area (TPSA) is 17.1 Å². The molecule has 0 unspecified atom stereocenters. The Balaban J connectivity index is 2.10. The highest BCUT2D eigenvalue weighted by molar-refractivity contribution is 14.1. The second-order valence-corrected chi connectivity index (χ2v) is 7.19. The quantitative estimate of drug-likeness (QED) is 0.469. The summed E-state index contributed by atoms with van der Waals surface area (Å²) in [6.45, 7) is 2.25. The first-order chi connectivity index (χ1) is 8.61. The lowest BCUT2D eigenvalue weighted by Crippen LogP contribution is -2.22. The number of carbonyl (C=O) groups excluding carboxylic acids is 1. The molecule has 1 aromatic rings. The number of rotatable bonds is 3. The molecule has 1 aliphatic carbocycles. The van der Waals surface area contributed by atoms with E-state index in [-0.39, 0.29) is 5.92 Å². The van der Waals surface area contributed by atoms with Gasteiger partial charge in [0.1, 0.15) is 0 Å². The number of ketones is 1. The van der Waals surface area contributed by atoms with Gasteiger partial charge in [0.25, 0.3) is 0 Å². The third kappa shape index (κ3) is 3.35. The third-order valence-corrected chi connectivity index (χ3v) is 5.42. The summed E-state index contributed by atoms with van der Waals surface area (Å²) in [5.41, 5.74) is 0.893. The lowest BCUT2D eigenvalue weighted by atomic mass is 9.78. The van der Waals surface area contributed by atoms with Crippen LogP contribution in [0.15, 0.2) is 22.7 Å². The molecule has 2 rings (SSSR count). The molecular weight excluding hydrogens is 403 g/mol. The van der Waals surface area contributed by atoms with Crippen LogP contribution in [-0.2, 0) is 0 Å². The molecule has 98 valence electrons. The molecule has 0 aliphatic heterocycles. The molecule has 1 aromatic carbocycles. The molecule has 0 N–H and O–H groups in total. The van der Waals surface area contributed by atoms with E-state index in [9.17, 15) is 4.79 Å². The Kier molecular flexibility index (Phi) is 5.24. The Morgan fingerprint density at radius 1 is 1.33 bits per heavy atom. The van der Waals surface area contributed by atoms with E-state index in [1.807, 2.05) is 18.2 Å². The largest absolute Gasteiger partial charge is 0.294 e. The van der Waals surface area contributed by atoms with Crippen LogP contribution in [-0.4, -0.2) is 5.78 Å². The summed E-state index contributed by atoms with van der Waals surface area (Å²) < 4.78 is 2.06. The van der Waals surface area contributed by atoms with Crippen molar-refractivity contribution in [1.29, 1.82) is 0 Å². The molecule has 1 aliphatic rings. The number of hydrogen-bond donors (Lipinski definition) is 0. The monoisotopic (exact) mass is 420 g/mol. The molecule has 1 nitrogen and oxygen atoms in total. The highest BCUT2D eigenvalue weighted by atomic mass is 127. The Morgan fingerprint density at radius 2 is 2.00 bits per heavy atom. The van der Waals surface area contributed by atoms with E-state index in [4.69, 9.17) is 0 Å². The number of halogens is 2. The second kappa shape index (κ2) is 6.51. The SMILES string of the molecule is CCC1CCC(C(=O)c2cc(Br)ccc2I)CC1. The van der Waals surface area contributed by atoms with Crippen LogP contribution < -0.4 is 0 Å². The average Bonchev–Trinajstić information content (AvgIpc) is 2.41. The Morgan fingerprint density at radius 3 is 2.61 bits per heavy atom. The van der Waals surface area contributed by atoms with Crippen LogP contribution in [0.25, 0.3) is 0 Å². The van der Waals surface area contributed by atoms with Crippen LogP contribution in [0.5, 0.6) is 0 Å². The lowest BCUT2D eigenvalue weighted by molar-refractivity contribution is 0.0870. The van der Waals surface area contributed by atoms with E-state index >= 15 is 0 Å². The van der Waals surface area contributed by atoms with E-state index < -0.39 is 0 Å². The van der Waals surface area contributed by atoms with Gasteiger partial charge in [0.05, 0.1) is 0 Å². The lowest BCUT2D eigenvalue weighted by Gasteiger charge is -2.27. The van der Waals surface area contributed by atoms with Crippen LogP contribution in [0.3, 0.4) is 0 Å². The van der Waals surface area contributed by atoms with Crippen LogP contribution >= 0.6 is 38.5 Å². The van der Waals surface area contributed by atoms with E-state index in [1.54, 1.807) is 0 Å². The zero-order valence-electron chi connectivity index (χ0n) is 10.6. The number of benzene rings is 1. The maximum absolute atomic E-state index is 12.5. The summed E-state index contributed by atoms with van der Waals surface area (Å²) >= 11 is 5.71. The van der Waals surface area contributed by atoms with Crippen molar-refractivity contribution >= 4 is 44.3 Å². The molecule has 0 aromatic heterocycles. The molecule has 0 amide bonds. The van der Waals surface area contributed by atoms with Gasteiger partial charge < -0.3 is 0 Å². The third-order valence-electron chi connectivity index (χ3n) is 3.99. The highest BCUT2D eigenvalue weighted by Crippen LogP contribution is 2.33. The van der Waals surface area contributed by atoms with Crippen LogP contribution in [0.1, 0.15) is 49.4 Å². The second-order valence-electron chi connectivity index (χ2n) is 5.11. The van der Waals surface area contributed by atoms with Gasteiger partial charge in [-0.25, -0.2) is 0 Å². The minimum absolute atomic E-state index is 0.246. The van der Waals surface area contributed by atoms with Gasteiger partial charge in [0.2, 0.25) is 0 Å². The standard InChI is InChI=1S/C15H18BrIO/c1-2-10-3-5-11(6-4-10)15(18)13-9-12(16)7-8-14(13)17/h7-11H,2-6H2,1H3. The molecule has 18 heavy (non-hydrogen) atoms. The summed E-state index contributed by atoms with van der Waals surface area (Å²) in [7, 11) is 0. The molecule has 1 fully saturated rings. The Hall–Kier alpha value is 0.1000. The first kappa shape index (κ1) is 14.5. The Labute approximate surface area is 131 Å². The summed E-state index contributed by atoms with van der Waals surface area (Å²) in [5, 5.41) is 0. The molecule has 1 saturated carbocycles. The van der Waals surface area contributed by atoms with E-state index in [0.717, 1.165) is 32.4 Å². The minimum Gasteiger partial charge on any atom is -0.294 e. The smallest absolute Gasteiger partial charge is 0.167 e. The molecule has 0 radical (unpaired) electrons. The van der Waals surface area contributed by atoms with Crippen LogP contribution in [0.4, 0.5) is 0 Å². The molecule has 0 saturated heterocycles. The van der Waals surface area contributed by atoms with Crippen molar-refractivity contribution in [2.45, 2.75) is 39.0 Å². The number of Topliss-reactive ketones (excluding diaryl/α,β-unsaturated/α-hetero) is 1. The van der Waals surface area contributed by atoms with E-state index in [1.165, 1.54) is 19.3 Å². The maximum atomic E-state index is 12.5. The van der Waals surface area contributed by atoms with Gasteiger partial charge in [-0.1, -0.05) is 29.3 Å². The fourth-order valence-electron chi connectivity index (χ4n) is 2.74. The summed E-state index contributed by atoms with van der Waals surface area (Å²) in [6.07, 6.45) is 5.84. The average molecular weight is 421 g/mol. The molecule has 3 heteroatoms. The van der Waals surface area contributed by atoms with Crippen molar-refractivity contribution < 1.29 is 4.79 Å². The fourth-order valence-corrected chi connectivity index (χ4v) is 3.70. The summed E-state index contributed by atoms with van der Waals surface area (Å²) in [6, 6.07) is 5.97. The van der Waals surface area contributed by atoms with Crippen molar-refractivity contribution in [2.75, 3.05) is 0 Å². The Bertz CT molecular complexity index is 436. The van der Waals surface area contributed by atoms with Crippen molar-refractivity contribution in [3.63, 3.8) is 0 Å². The van der Waals surface area contributed by atoms with Crippen molar-refractivity contribution in [1.82, 2.24) is 0 Å². The van der Waals surface area contributed by atoms with Gasteiger partial charge in [0, 0.05) is 19.5 Å². The molecular formula is C15H18BrIO. The predicted molar refractivity (Wildman–Crippen MR) is 86.9 cm³/mol. The molecule has 0 bridgehead atoms. The van der Waals surface area contributed by atoms with Crippen molar-refractivity contribution in [3.05, 3.63) is 31.8 Å². The van der Waals surface area contributed by atoms with Gasteiger partial charge in [-0.15, -0.1) is 0 Å². The van der Waals surface area contributed by atoms with E-state index in [0.29, 0.717) is 5.78 Å². The van der Waals surface area contributed by atoms with Gasteiger partial charge in [-0.05, 0) is 72.4 Å². The molecule has 0 atom stereocenters. The summed E-state index contributed by atoms with van der Waals surface area (Å²) in [5.74, 6) is 1.43. The van der Waals surface area contributed by atoms with Gasteiger partial charge in [-0.3, -0.25) is 4.79 Å². The zero-order valence-corrected chi connectivity index (χ0v) is 14.3. The van der Waals surface area contributed by atoms with Gasteiger partial charge >= 0.3 is 0 Å². The van der Waals surface area contributed by atoms with Crippen LogP contribution in [0, 0.1) is 15.4 Å². The highest BCUT2D eigenvalue weighted by Gasteiger charge is 2.27. The zero-order chi connectivity index (χ0) is 13.1. The first-order valence-corrected chi connectivity index (χ1v) is 8.48. The van der Waals surface area contributed by atoms with Gasteiger partial charge in [0.15, 0.2) is 5.78 Å². The van der Waals surface area contributed by atoms with E-state index in [2.05, 4.69) is 45.4 Å². The number of hydrogen-bond acceptors (Lipinski definition) is 1. The van der Waals surface area contributed by atoms with Crippen LogP contribution in [0.2, 0.25) is 0 Å². The predicted octanol–water partition coefficient (Wildman–Crippen LogP) is 5.45. The van der Waals surface area contributed by atoms with Crippen molar-refractivity contribution in [3.8, 4) is 0 Å². The fraction of sp³-hybridized carbons (Fsp3) is 0.533. The molecule has 0 heterocycles. The normalized spacial score (nSPS) is 23.9. The first-order valence-electron chi connectivity index (χ1n) is 6.61. The maximum Gasteiger partial charge on any atom is 0.167 e. The van der Waals surface area contributed by atoms with Crippen molar-refractivity contribution in [2.24, 2.45) is 11.8 Å². The summed E-state index contributed by atoms with van der Waals surface area (Å²) in [4.78, 5) is 12.5. The molecule has 0 spiro atoms. The minimum atomic E-state index is 0.246. The number of carbonyl (C=O) groups is 1.